The zero-order chi connectivity index (χ0) is 12.3. The van der Waals surface area contributed by atoms with E-state index in [4.69, 9.17) is 4.74 Å². The van der Waals surface area contributed by atoms with Gasteiger partial charge in [-0.25, -0.2) is 13.1 Å². The predicted octanol–water partition coefficient (Wildman–Crippen LogP) is 0.892. The van der Waals surface area contributed by atoms with E-state index in [9.17, 15) is 8.42 Å². The molecule has 4 nitrogen and oxygen atoms in total. The molecule has 94 valence electrons. The van der Waals surface area contributed by atoms with Gasteiger partial charge < -0.3 is 4.74 Å². The van der Waals surface area contributed by atoms with Crippen LogP contribution >= 0.6 is 0 Å². The average Bonchev–Trinajstić information content (AvgIpc) is 2.28. The van der Waals surface area contributed by atoms with E-state index >= 15 is 0 Å². The Morgan fingerprint density at radius 1 is 1.41 bits per heavy atom. The number of rotatable bonds is 6. The number of sulfonamides is 1. The van der Waals surface area contributed by atoms with Crippen LogP contribution in [0.2, 0.25) is 0 Å². The summed E-state index contributed by atoms with van der Waals surface area (Å²) in [6.45, 7) is 0.722. The maximum atomic E-state index is 11.6. The van der Waals surface area contributed by atoms with Gasteiger partial charge in [-0.15, -0.1) is 0 Å². The van der Waals surface area contributed by atoms with E-state index in [2.05, 4.69) is 16.9 Å². The summed E-state index contributed by atoms with van der Waals surface area (Å²) < 4.78 is 30.5. The molecule has 1 aromatic rings. The van der Waals surface area contributed by atoms with Crippen LogP contribution in [0.5, 0.6) is 0 Å². The maximum absolute atomic E-state index is 11.6. The fourth-order valence-electron chi connectivity index (χ4n) is 2.04. The highest BCUT2D eigenvalue weighted by Gasteiger charge is 2.26. The first-order valence-electron chi connectivity index (χ1n) is 5.66. The normalized spacial score (nSPS) is 18.5. The van der Waals surface area contributed by atoms with Crippen molar-refractivity contribution in [3.63, 3.8) is 0 Å². The number of benzene rings is 1. The number of nitrogens with one attached hydrogen (secondary N) is 1. The Balaban J connectivity index is 1.85. The molecule has 1 atom stereocenters. The van der Waals surface area contributed by atoms with E-state index in [-0.39, 0.29) is 12.4 Å². The molecule has 2 rings (SSSR count). The standard InChI is InChI=1S/C12H17NO3S/c1-16-6-7-17(14,15)13-9-11-8-10-4-2-3-5-12(10)11/h2-5,11,13H,6-9H2,1H3. The summed E-state index contributed by atoms with van der Waals surface area (Å²) in [5, 5.41) is 0. The van der Waals surface area contributed by atoms with Crippen molar-refractivity contribution >= 4 is 10.0 Å². The van der Waals surface area contributed by atoms with Crippen LogP contribution in [0.3, 0.4) is 0 Å². The molecule has 0 amide bonds. The third-order valence-corrected chi connectivity index (χ3v) is 4.38. The first kappa shape index (κ1) is 12.5. The van der Waals surface area contributed by atoms with Crippen molar-refractivity contribution in [1.82, 2.24) is 4.72 Å². The quantitative estimate of drug-likeness (QED) is 0.821. The van der Waals surface area contributed by atoms with E-state index in [1.807, 2.05) is 12.1 Å². The van der Waals surface area contributed by atoms with Crippen molar-refractivity contribution in [1.29, 1.82) is 0 Å². The van der Waals surface area contributed by atoms with Gasteiger partial charge in [0.15, 0.2) is 0 Å². The second kappa shape index (κ2) is 5.16. The van der Waals surface area contributed by atoms with Gasteiger partial charge in [-0.3, -0.25) is 0 Å². The van der Waals surface area contributed by atoms with Crippen LogP contribution in [0, 0.1) is 0 Å². The lowest BCUT2D eigenvalue weighted by atomic mass is 9.78. The molecule has 1 N–H and O–H groups in total. The lowest BCUT2D eigenvalue weighted by Crippen LogP contribution is -2.35. The zero-order valence-electron chi connectivity index (χ0n) is 9.85. The van der Waals surface area contributed by atoms with Crippen LogP contribution < -0.4 is 4.72 Å². The van der Waals surface area contributed by atoms with Crippen LogP contribution in [0.1, 0.15) is 17.0 Å². The van der Waals surface area contributed by atoms with E-state index < -0.39 is 10.0 Å². The Bertz CT molecular complexity index is 484. The molecule has 0 aromatic heterocycles. The van der Waals surface area contributed by atoms with E-state index in [0.717, 1.165) is 6.42 Å². The molecule has 0 radical (unpaired) electrons. The Hall–Kier alpha value is -0.910. The van der Waals surface area contributed by atoms with Gasteiger partial charge in [0.2, 0.25) is 10.0 Å². The highest BCUT2D eigenvalue weighted by Crippen LogP contribution is 2.34. The highest BCUT2D eigenvalue weighted by atomic mass is 32.2. The Kier molecular flexibility index (Phi) is 3.81. The first-order chi connectivity index (χ1) is 8.12. The highest BCUT2D eigenvalue weighted by molar-refractivity contribution is 7.89. The summed E-state index contributed by atoms with van der Waals surface area (Å²) in [6.07, 6.45) is 0.961. The maximum Gasteiger partial charge on any atom is 0.213 e. The molecule has 0 spiro atoms. The van der Waals surface area contributed by atoms with Crippen LogP contribution in [0.25, 0.3) is 0 Å². The second-order valence-electron chi connectivity index (χ2n) is 4.26. The topological polar surface area (TPSA) is 55.4 Å². The van der Waals surface area contributed by atoms with Gasteiger partial charge in [-0.1, -0.05) is 24.3 Å². The van der Waals surface area contributed by atoms with Gasteiger partial charge in [-0.05, 0) is 17.5 Å². The molecule has 1 aromatic carbocycles. The molecule has 17 heavy (non-hydrogen) atoms. The monoisotopic (exact) mass is 255 g/mol. The molecule has 0 saturated carbocycles. The van der Waals surface area contributed by atoms with Crippen molar-refractivity contribution in [3.8, 4) is 0 Å². The Labute approximate surface area is 102 Å². The molecular weight excluding hydrogens is 238 g/mol. The van der Waals surface area contributed by atoms with Crippen LogP contribution in [0.4, 0.5) is 0 Å². The van der Waals surface area contributed by atoms with Gasteiger partial charge in [-0.2, -0.15) is 0 Å². The summed E-state index contributed by atoms with van der Waals surface area (Å²) in [7, 11) is -1.69. The van der Waals surface area contributed by atoms with Gasteiger partial charge in [0, 0.05) is 19.6 Å². The Morgan fingerprint density at radius 3 is 2.88 bits per heavy atom. The predicted molar refractivity (Wildman–Crippen MR) is 66.6 cm³/mol. The van der Waals surface area contributed by atoms with Gasteiger partial charge in [0.05, 0.1) is 12.4 Å². The van der Waals surface area contributed by atoms with Gasteiger partial charge in [0.1, 0.15) is 0 Å². The Morgan fingerprint density at radius 2 is 2.18 bits per heavy atom. The van der Waals surface area contributed by atoms with Crippen molar-refractivity contribution in [2.24, 2.45) is 0 Å². The number of hydrogen-bond donors (Lipinski definition) is 1. The lowest BCUT2D eigenvalue weighted by Gasteiger charge is -2.30. The van der Waals surface area contributed by atoms with E-state index in [0.29, 0.717) is 12.5 Å². The van der Waals surface area contributed by atoms with Gasteiger partial charge in [0.25, 0.3) is 0 Å². The van der Waals surface area contributed by atoms with Crippen molar-refractivity contribution in [2.75, 3.05) is 26.0 Å². The first-order valence-corrected chi connectivity index (χ1v) is 7.31. The van der Waals surface area contributed by atoms with E-state index in [1.54, 1.807) is 0 Å². The third kappa shape index (κ3) is 3.06. The smallest absolute Gasteiger partial charge is 0.213 e. The SMILES string of the molecule is COCCS(=O)(=O)NCC1Cc2ccccc21. The number of ether oxygens (including phenoxy) is 1. The molecule has 5 heteroatoms. The number of hydrogen-bond acceptors (Lipinski definition) is 3. The summed E-state index contributed by atoms with van der Waals surface area (Å²) in [5.74, 6) is 0.348. The molecule has 0 aliphatic heterocycles. The fraction of sp³-hybridized carbons (Fsp3) is 0.500. The summed E-state index contributed by atoms with van der Waals surface area (Å²) in [4.78, 5) is 0. The number of methoxy groups -OCH3 is 1. The molecular formula is C12H17NO3S. The molecule has 0 bridgehead atoms. The molecule has 0 heterocycles. The lowest BCUT2D eigenvalue weighted by molar-refractivity contribution is 0.217. The second-order valence-corrected chi connectivity index (χ2v) is 6.19. The third-order valence-electron chi connectivity index (χ3n) is 3.07. The minimum absolute atomic E-state index is 0.0257. The zero-order valence-corrected chi connectivity index (χ0v) is 10.7. The minimum atomic E-state index is -3.19. The van der Waals surface area contributed by atoms with Gasteiger partial charge >= 0.3 is 0 Å². The van der Waals surface area contributed by atoms with Crippen LogP contribution in [-0.4, -0.2) is 34.4 Å². The van der Waals surface area contributed by atoms with Crippen molar-refractivity contribution in [3.05, 3.63) is 35.4 Å². The summed E-state index contributed by atoms with van der Waals surface area (Å²) in [5.41, 5.74) is 2.59. The molecule has 0 fully saturated rings. The minimum Gasteiger partial charge on any atom is -0.384 e. The van der Waals surface area contributed by atoms with E-state index in [1.165, 1.54) is 18.2 Å². The molecule has 1 unspecified atom stereocenters. The number of fused-ring (bicyclic) bond motifs is 1. The molecule has 1 aliphatic rings. The fourth-order valence-corrected chi connectivity index (χ4v) is 3.02. The molecule has 1 aliphatic carbocycles. The summed E-state index contributed by atoms with van der Waals surface area (Å²) >= 11 is 0. The molecule has 0 saturated heterocycles. The van der Waals surface area contributed by atoms with Crippen LogP contribution in [0.15, 0.2) is 24.3 Å². The van der Waals surface area contributed by atoms with Crippen molar-refractivity contribution in [2.45, 2.75) is 12.3 Å². The van der Waals surface area contributed by atoms with Crippen LogP contribution in [-0.2, 0) is 21.2 Å². The summed E-state index contributed by atoms with van der Waals surface area (Å²) in [6, 6.07) is 8.15. The largest absolute Gasteiger partial charge is 0.384 e. The van der Waals surface area contributed by atoms with Crippen molar-refractivity contribution < 1.29 is 13.2 Å². The average molecular weight is 255 g/mol.